The molecule has 0 saturated carbocycles. The highest BCUT2D eigenvalue weighted by Crippen LogP contribution is 2.37. The van der Waals surface area contributed by atoms with Crippen LogP contribution in [-0.2, 0) is 7.05 Å². The molecule has 1 heterocycles. The van der Waals surface area contributed by atoms with E-state index in [1.165, 1.54) is 11.1 Å². The Kier molecular flexibility index (Phi) is 4.96. The lowest BCUT2D eigenvalue weighted by Gasteiger charge is -2.31. The van der Waals surface area contributed by atoms with Gasteiger partial charge < -0.3 is 5.32 Å². The van der Waals surface area contributed by atoms with E-state index in [0.29, 0.717) is 17.9 Å². The van der Waals surface area contributed by atoms with Crippen LogP contribution in [0.25, 0.3) is 0 Å². The van der Waals surface area contributed by atoms with Gasteiger partial charge in [-0.1, -0.05) is 50.6 Å². The van der Waals surface area contributed by atoms with Gasteiger partial charge in [0.2, 0.25) is 0 Å². The van der Waals surface area contributed by atoms with E-state index in [-0.39, 0.29) is 0 Å². The summed E-state index contributed by atoms with van der Waals surface area (Å²) in [7, 11) is 4.01. The fourth-order valence-corrected chi connectivity index (χ4v) is 2.93. The number of benzene rings is 1. The fraction of sp³-hybridized carbons (Fsp3) is 0.471. The first kappa shape index (κ1) is 14.8. The molecule has 3 atom stereocenters. The smallest absolute Gasteiger partial charge is 0.0537 e. The van der Waals surface area contributed by atoms with Crippen molar-refractivity contribution in [3.8, 4) is 0 Å². The van der Waals surface area contributed by atoms with Crippen LogP contribution in [0.3, 0.4) is 0 Å². The average Bonchev–Trinajstić information content (AvgIpc) is 2.91. The Bertz CT molecular complexity index is 518. The Hall–Kier alpha value is -1.61. The van der Waals surface area contributed by atoms with Crippen LogP contribution in [0.1, 0.15) is 43.4 Å². The SMILES string of the molecule is CCC(C)C(c1ccccc1)C(NC)c1cnn(C)c1. The molecule has 1 aromatic carbocycles. The maximum atomic E-state index is 4.32. The molecule has 0 aliphatic carbocycles. The number of nitrogens with zero attached hydrogens (tertiary/aromatic N) is 2. The Balaban J connectivity index is 2.39. The maximum Gasteiger partial charge on any atom is 0.0537 e. The van der Waals surface area contributed by atoms with Gasteiger partial charge >= 0.3 is 0 Å². The number of rotatable bonds is 6. The van der Waals surface area contributed by atoms with Gasteiger partial charge in [-0.05, 0) is 18.5 Å². The molecule has 0 saturated heterocycles. The van der Waals surface area contributed by atoms with Crippen molar-refractivity contribution >= 4 is 0 Å². The molecule has 0 bridgehead atoms. The van der Waals surface area contributed by atoms with Gasteiger partial charge in [0, 0.05) is 30.8 Å². The second-order valence-electron chi connectivity index (χ2n) is 5.54. The van der Waals surface area contributed by atoms with Crippen molar-refractivity contribution in [1.82, 2.24) is 15.1 Å². The van der Waals surface area contributed by atoms with Gasteiger partial charge in [-0.25, -0.2) is 0 Å². The van der Waals surface area contributed by atoms with E-state index in [4.69, 9.17) is 0 Å². The molecule has 108 valence electrons. The summed E-state index contributed by atoms with van der Waals surface area (Å²) in [4.78, 5) is 0. The molecule has 3 unspecified atom stereocenters. The number of nitrogens with one attached hydrogen (secondary N) is 1. The molecule has 3 nitrogen and oxygen atoms in total. The van der Waals surface area contributed by atoms with Crippen LogP contribution in [-0.4, -0.2) is 16.8 Å². The molecule has 20 heavy (non-hydrogen) atoms. The molecule has 0 radical (unpaired) electrons. The predicted octanol–water partition coefficient (Wildman–Crippen LogP) is 3.51. The Labute approximate surface area is 122 Å². The Morgan fingerprint density at radius 1 is 1.20 bits per heavy atom. The van der Waals surface area contributed by atoms with Crippen LogP contribution >= 0.6 is 0 Å². The summed E-state index contributed by atoms with van der Waals surface area (Å²) in [6.07, 6.45) is 5.25. The van der Waals surface area contributed by atoms with E-state index in [1.807, 2.05) is 25.0 Å². The molecule has 0 amide bonds. The summed E-state index contributed by atoms with van der Waals surface area (Å²) in [5, 5.41) is 7.82. The Morgan fingerprint density at radius 3 is 2.40 bits per heavy atom. The van der Waals surface area contributed by atoms with E-state index >= 15 is 0 Å². The maximum absolute atomic E-state index is 4.32. The van der Waals surface area contributed by atoms with Crippen molar-refractivity contribution in [3.63, 3.8) is 0 Å². The van der Waals surface area contributed by atoms with E-state index in [9.17, 15) is 0 Å². The third-order valence-corrected chi connectivity index (χ3v) is 4.20. The number of aromatic nitrogens is 2. The van der Waals surface area contributed by atoms with Crippen LogP contribution in [0.15, 0.2) is 42.7 Å². The first-order chi connectivity index (χ1) is 9.67. The second kappa shape index (κ2) is 6.71. The van der Waals surface area contributed by atoms with Crippen molar-refractivity contribution in [2.75, 3.05) is 7.05 Å². The normalized spacial score (nSPS) is 15.8. The summed E-state index contributed by atoms with van der Waals surface area (Å²) in [6, 6.07) is 11.1. The van der Waals surface area contributed by atoms with E-state index in [1.54, 1.807) is 0 Å². The summed E-state index contributed by atoms with van der Waals surface area (Å²) in [5.41, 5.74) is 2.65. The highest BCUT2D eigenvalue weighted by atomic mass is 15.2. The molecular weight excluding hydrogens is 246 g/mol. The molecule has 3 heteroatoms. The molecular formula is C17H25N3. The lowest BCUT2D eigenvalue weighted by atomic mass is 9.78. The summed E-state index contributed by atoms with van der Waals surface area (Å²) in [5.74, 6) is 1.06. The van der Waals surface area contributed by atoms with Gasteiger partial charge in [0.05, 0.1) is 6.20 Å². The standard InChI is InChI=1S/C17H25N3/c1-5-13(2)16(14-9-7-6-8-10-14)17(18-3)15-11-19-20(4)12-15/h6-13,16-18H,5H2,1-4H3. The zero-order valence-electron chi connectivity index (χ0n) is 12.9. The molecule has 0 fully saturated rings. The molecule has 2 aromatic rings. The molecule has 0 aliphatic heterocycles. The molecule has 1 aromatic heterocycles. The molecule has 1 N–H and O–H groups in total. The van der Waals surface area contributed by atoms with Crippen molar-refractivity contribution in [2.45, 2.75) is 32.2 Å². The topological polar surface area (TPSA) is 29.9 Å². The Morgan fingerprint density at radius 2 is 1.90 bits per heavy atom. The van der Waals surface area contributed by atoms with Gasteiger partial charge in [0.15, 0.2) is 0 Å². The van der Waals surface area contributed by atoms with Crippen LogP contribution in [0.2, 0.25) is 0 Å². The number of hydrogen-bond donors (Lipinski definition) is 1. The third-order valence-electron chi connectivity index (χ3n) is 4.20. The second-order valence-corrected chi connectivity index (χ2v) is 5.54. The van der Waals surface area contributed by atoms with Crippen molar-refractivity contribution in [2.24, 2.45) is 13.0 Å². The van der Waals surface area contributed by atoms with Gasteiger partial charge in [-0.3, -0.25) is 4.68 Å². The number of hydrogen-bond acceptors (Lipinski definition) is 2. The fourth-order valence-electron chi connectivity index (χ4n) is 2.93. The minimum absolute atomic E-state index is 0.293. The quantitative estimate of drug-likeness (QED) is 0.871. The van der Waals surface area contributed by atoms with Gasteiger partial charge in [0.25, 0.3) is 0 Å². The molecule has 0 spiro atoms. The largest absolute Gasteiger partial charge is 0.312 e. The van der Waals surface area contributed by atoms with Crippen LogP contribution < -0.4 is 5.32 Å². The van der Waals surface area contributed by atoms with Crippen LogP contribution in [0, 0.1) is 5.92 Å². The lowest BCUT2D eigenvalue weighted by molar-refractivity contribution is 0.354. The first-order valence-electron chi connectivity index (χ1n) is 7.38. The van der Waals surface area contributed by atoms with Crippen molar-refractivity contribution in [1.29, 1.82) is 0 Å². The van der Waals surface area contributed by atoms with E-state index < -0.39 is 0 Å². The zero-order valence-corrected chi connectivity index (χ0v) is 12.9. The summed E-state index contributed by atoms with van der Waals surface area (Å²) in [6.45, 7) is 4.59. The predicted molar refractivity (Wildman–Crippen MR) is 83.6 cm³/mol. The first-order valence-corrected chi connectivity index (χ1v) is 7.38. The average molecular weight is 271 g/mol. The number of aryl methyl sites for hydroxylation is 1. The minimum Gasteiger partial charge on any atom is -0.312 e. The van der Waals surface area contributed by atoms with E-state index in [2.05, 4.69) is 60.8 Å². The van der Waals surface area contributed by atoms with Crippen LogP contribution in [0.5, 0.6) is 0 Å². The van der Waals surface area contributed by atoms with E-state index in [0.717, 1.165) is 6.42 Å². The highest BCUT2D eigenvalue weighted by Gasteiger charge is 2.28. The van der Waals surface area contributed by atoms with Crippen molar-refractivity contribution in [3.05, 3.63) is 53.9 Å². The van der Waals surface area contributed by atoms with Gasteiger partial charge in [-0.15, -0.1) is 0 Å². The van der Waals surface area contributed by atoms with Crippen LogP contribution in [0.4, 0.5) is 0 Å². The molecule has 0 aliphatic rings. The third kappa shape index (κ3) is 3.10. The monoisotopic (exact) mass is 271 g/mol. The van der Waals surface area contributed by atoms with Crippen molar-refractivity contribution < 1.29 is 0 Å². The minimum atomic E-state index is 0.293. The molecule has 2 rings (SSSR count). The number of likely N-dealkylation sites (N-methyl/N-ethyl adjacent to an activating group) is 1. The zero-order chi connectivity index (χ0) is 14.5. The summed E-state index contributed by atoms with van der Waals surface area (Å²) < 4.78 is 1.87. The highest BCUT2D eigenvalue weighted by molar-refractivity contribution is 5.26. The lowest BCUT2D eigenvalue weighted by Crippen LogP contribution is -2.27. The van der Waals surface area contributed by atoms with Gasteiger partial charge in [-0.2, -0.15) is 5.10 Å². The van der Waals surface area contributed by atoms with Gasteiger partial charge in [0.1, 0.15) is 0 Å². The summed E-state index contributed by atoms with van der Waals surface area (Å²) >= 11 is 0.